The van der Waals surface area contributed by atoms with Gasteiger partial charge in [-0.3, -0.25) is 0 Å². The van der Waals surface area contributed by atoms with Gasteiger partial charge in [0.05, 0.1) is 0 Å². The van der Waals surface area contributed by atoms with E-state index >= 15 is 0 Å². The maximum atomic E-state index is 4.37. The van der Waals surface area contributed by atoms with Crippen LogP contribution >= 0.6 is 11.8 Å². The second-order valence-corrected chi connectivity index (χ2v) is 5.75. The summed E-state index contributed by atoms with van der Waals surface area (Å²) in [5.41, 5.74) is 1.04. The Morgan fingerprint density at radius 1 is 1.41 bits per heavy atom. The van der Waals surface area contributed by atoms with E-state index in [9.17, 15) is 0 Å². The van der Waals surface area contributed by atoms with Gasteiger partial charge in [0.2, 0.25) is 0 Å². The highest BCUT2D eigenvalue weighted by atomic mass is 32.2. The smallest absolute Gasteiger partial charge is 0.187 e. The van der Waals surface area contributed by atoms with Crippen molar-refractivity contribution >= 4 is 11.8 Å². The van der Waals surface area contributed by atoms with Crippen LogP contribution < -0.4 is 5.32 Å². The van der Waals surface area contributed by atoms with Crippen molar-refractivity contribution in [1.29, 1.82) is 0 Å². The average molecular weight is 251 g/mol. The normalized spacial score (nSPS) is 16.5. The number of aryl methyl sites for hydroxylation is 1. The number of nitrogens with one attached hydrogen (secondary N) is 1. The zero-order chi connectivity index (χ0) is 11.9. The van der Waals surface area contributed by atoms with Gasteiger partial charge in [-0.15, -0.1) is 0 Å². The molecule has 1 aliphatic rings. The maximum absolute atomic E-state index is 4.37. The molecule has 0 atom stereocenters. The quantitative estimate of drug-likeness (QED) is 0.479. The van der Waals surface area contributed by atoms with Crippen LogP contribution in [0.25, 0.3) is 0 Å². The molecule has 3 nitrogen and oxygen atoms in total. The standard InChI is InChI=1S/C13H21N3S/c1-11-6-7-15-13(16-11)17-9-8-14-10-12-4-2-3-5-12/h6-7,12,14H,2-5,8-10H2,1H3. The Morgan fingerprint density at radius 2 is 2.24 bits per heavy atom. The lowest BCUT2D eigenvalue weighted by Gasteiger charge is -2.09. The van der Waals surface area contributed by atoms with Gasteiger partial charge in [0, 0.05) is 24.2 Å². The summed E-state index contributed by atoms with van der Waals surface area (Å²) >= 11 is 1.73. The first-order chi connectivity index (χ1) is 8.34. The van der Waals surface area contributed by atoms with Gasteiger partial charge in [0.15, 0.2) is 5.16 Å². The minimum absolute atomic E-state index is 0.896. The lowest BCUT2D eigenvalue weighted by molar-refractivity contribution is 0.500. The fraction of sp³-hybridized carbons (Fsp3) is 0.692. The van der Waals surface area contributed by atoms with E-state index in [0.717, 1.165) is 29.1 Å². The summed E-state index contributed by atoms with van der Waals surface area (Å²) in [4.78, 5) is 8.61. The molecule has 17 heavy (non-hydrogen) atoms. The molecule has 0 radical (unpaired) electrons. The van der Waals surface area contributed by atoms with Crippen molar-refractivity contribution in [3.05, 3.63) is 18.0 Å². The minimum atomic E-state index is 0.896. The first-order valence-electron chi connectivity index (χ1n) is 6.48. The SMILES string of the molecule is Cc1ccnc(SCCNCC2CCCC2)n1. The van der Waals surface area contributed by atoms with E-state index in [2.05, 4.69) is 15.3 Å². The first kappa shape index (κ1) is 12.8. The van der Waals surface area contributed by atoms with Crippen LogP contribution in [0.1, 0.15) is 31.4 Å². The fourth-order valence-electron chi connectivity index (χ4n) is 2.23. The molecule has 1 aromatic rings. The van der Waals surface area contributed by atoms with Crippen LogP contribution in [0.15, 0.2) is 17.4 Å². The van der Waals surface area contributed by atoms with Crippen molar-refractivity contribution < 1.29 is 0 Å². The molecule has 1 aliphatic carbocycles. The monoisotopic (exact) mass is 251 g/mol. The Labute approximate surface area is 108 Å². The molecule has 0 amide bonds. The summed E-state index contributed by atoms with van der Waals surface area (Å²) in [5, 5.41) is 4.43. The van der Waals surface area contributed by atoms with Crippen molar-refractivity contribution in [3.8, 4) is 0 Å². The number of aromatic nitrogens is 2. The van der Waals surface area contributed by atoms with E-state index in [1.54, 1.807) is 11.8 Å². The fourth-order valence-corrected chi connectivity index (χ4v) is 3.00. The first-order valence-corrected chi connectivity index (χ1v) is 7.46. The molecule has 1 aromatic heterocycles. The molecule has 2 rings (SSSR count). The van der Waals surface area contributed by atoms with E-state index in [1.807, 2.05) is 19.2 Å². The summed E-state index contributed by atoms with van der Waals surface area (Å²) in [7, 11) is 0. The third-order valence-electron chi connectivity index (χ3n) is 3.19. The minimum Gasteiger partial charge on any atom is -0.316 e. The Kier molecular flexibility index (Phi) is 5.26. The second-order valence-electron chi connectivity index (χ2n) is 4.68. The topological polar surface area (TPSA) is 37.8 Å². The third-order valence-corrected chi connectivity index (χ3v) is 4.05. The van der Waals surface area contributed by atoms with Crippen molar-refractivity contribution in [3.63, 3.8) is 0 Å². The van der Waals surface area contributed by atoms with Gasteiger partial charge in [-0.2, -0.15) is 0 Å². The molecule has 0 unspecified atom stereocenters. The molecule has 0 aromatic carbocycles. The van der Waals surface area contributed by atoms with Crippen molar-refractivity contribution in [2.45, 2.75) is 37.8 Å². The van der Waals surface area contributed by atoms with E-state index in [0.29, 0.717) is 0 Å². The molecule has 94 valence electrons. The third kappa shape index (κ3) is 4.64. The summed E-state index contributed by atoms with van der Waals surface area (Å²) < 4.78 is 0. The van der Waals surface area contributed by atoms with E-state index in [1.165, 1.54) is 32.2 Å². The Balaban J connectivity index is 1.56. The molecule has 1 heterocycles. The highest BCUT2D eigenvalue weighted by Gasteiger charge is 2.13. The second kappa shape index (κ2) is 6.97. The van der Waals surface area contributed by atoms with Crippen LogP contribution in [0, 0.1) is 12.8 Å². The zero-order valence-electron chi connectivity index (χ0n) is 10.5. The van der Waals surface area contributed by atoms with Crippen LogP contribution in [0.4, 0.5) is 0 Å². The lowest BCUT2D eigenvalue weighted by atomic mass is 10.1. The summed E-state index contributed by atoms with van der Waals surface area (Å²) in [6.07, 6.45) is 7.52. The zero-order valence-corrected chi connectivity index (χ0v) is 11.3. The van der Waals surface area contributed by atoms with Gasteiger partial charge in [-0.25, -0.2) is 9.97 Å². The summed E-state index contributed by atoms with van der Waals surface area (Å²) in [6.45, 7) is 4.25. The molecule has 0 saturated heterocycles. The van der Waals surface area contributed by atoms with Crippen LogP contribution in [-0.2, 0) is 0 Å². The van der Waals surface area contributed by atoms with Crippen molar-refractivity contribution in [1.82, 2.24) is 15.3 Å². The van der Waals surface area contributed by atoms with Crippen molar-refractivity contribution in [2.75, 3.05) is 18.8 Å². The van der Waals surface area contributed by atoms with Crippen LogP contribution in [0.2, 0.25) is 0 Å². The number of rotatable bonds is 6. The van der Waals surface area contributed by atoms with Crippen LogP contribution in [0.5, 0.6) is 0 Å². The Hall–Kier alpha value is -0.610. The van der Waals surface area contributed by atoms with E-state index in [-0.39, 0.29) is 0 Å². The molecule has 0 spiro atoms. The predicted molar refractivity (Wildman–Crippen MR) is 72.3 cm³/mol. The van der Waals surface area contributed by atoms with Crippen molar-refractivity contribution in [2.24, 2.45) is 5.92 Å². The highest BCUT2D eigenvalue weighted by Crippen LogP contribution is 2.23. The molecule has 4 heteroatoms. The van der Waals surface area contributed by atoms with Gasteiger partial charge in [-0.05, 0) is 38.3 Å². The molecule has 0 aliphatic heterocycles. The van der Waals surface area contributed by atoms with E-state index in [4.69, 9.17) is 0 Å². The Bertz CT molecular complexity index is 337. The number of hydrogen-bond acceptors (Lipinski definition) is 4. The Morgan fingerprint density at radius 3 is 3.00 bits per heavy atom. The van der Waals surface area contributed by atoms with Crippen LogP contribution in [-0.4, -0.2) is 28.8 Å². The number of nitrogens with zero attached hydrogens (tertiary/aromatic N) is 2. The molecular weight excluding hydrogens is 230 g/mol. The van der Waals surface area contributed by atoms with Gasteiger partial charge < -0.3 is 5.32 Å². The molecule has 1 N–H and O–H groups in total. The highest BCUT2D eigenvalue weighted by molar-refractivity contribution is 7.99. The van der Waals surface area contributed by atoms with E-state index < -0.39 is 0 Å². The largest absolute Gasteiger partial charge is 0.316 e. The lowest BCUT2D eigenvalue weighted by Crippen LogP contribution is -2.23. The molecule has 0 bridgehead atoms. The van der Waals surface area contributed by atoms with Gasteiger partial charge in [0.1, 0.15) is 0 Å². The van der Waals surface area contributed by atoms with Crippen LogP contribution in [0.3, 0.4) is 0 Å². The van der Waals surface area contributed by atoms with Gasteiger partial charge in [-0.1, -0.05) is 24.6 Å². The maximum Gasteiger partial charge on any atom is 0.187 e. The van der Waals surface area contributed by atoms with Gasteiger partial charge >= 0.3 is 0 Å². The number of thioether (sulfide) groups is 1. The molecule has 1 saturated carbocycles. The molecular formula is C13H21N3S. The predicted octanol–water partition coefficient (Wildman–Crippen LogP) is 2.66. The summed E-state index contributed by atoms with van der Waals surface area (Å²) in [6, 6.07) is 1.93. The molecule has 1 fully saturated rings. The average Bonchev–Trinajstić information content (AvgIpc) is 2.82. The van der Waals surface area contributed by atoms with Gasteiger partial charge in [0.25, 0.3) is 0 Å². The summed E-state index contributed by atoms with van der Waals surface area (Å²) in [5.74, 6) is 1.98. The number of hydrogen-bond donors (Lipinski definition) is 1.